The Morgan fingerprint density at radius 1 is 1.20 bits per heavy atom. The maximum atomic E-state index is 11.1. The number of benzene rings is 1. The number of imidazole rings is 1. The van der Waals surface area contributed by atoms with Crippen LogP contribution in [0.15, 0.2) is 48.7 Å². The SMILES string of the molecule is O=Cc1nc(-c2cccc([N+](=O)[O-])c2)n2ccccc12. The number of rotatable bonds is 3. The molecule has 6 heteroatoms. The third kappa shape index (κ3) is 1.83. The minimum Gasteiger partial charge on any atom is -0.299 e. The molecule has 0 fully saturated rings. The maximum Gasteiger partial charge on any atom is 0.270 e. The third-order valence-corrected chi connectivity index (χ3v) is 3.00. The summed E-state index contributed by atoms with van der Waals surface area (Å²) >= 11 is 0. The quantitative estimate of drug-likeness (QED) is 0.415. The zero-order valence-corrected chi connectivity index (χ0v) is 10.3. The van der Waals surface area contributed by atoms with Gasteiger partial charge in [-0.2, -0.15) is 0 Å². The first-order chi connectivity index (χ1) is 9.70. The van der Waals surface area contributed by atoms with Crippen molar-refractivity contribution in [2.75, 3.05) is 0 Å². The van der Waals surface area contributed by atoms with Gasteiger partial charge in [-0.3, -0.25) is 19.3 Å². The summed E-state index contributed by atoms with van der Waals surface area (Å²) in [5, 5.41) is 10.8. The van der Waals surface area contributed by atoms with E-state index in [-0.39, 0.29) is 5.69 Å². The molecule has 0 unspecified atom stereocenters. The van der Waals surface area contributed by atoms with Crippen LogP contribution in [0.25, 0.3) is 16.9 Å². The number of nitro benzene ring substituents is 1. The van der Waals surface area contributed by atoms with Gasteiger partial charge in [0, 0.05) is 23.9 Å². The molecule has 0 N–H and O–H groups in total. The van der Waals surface area contributed by atoms with Gasteiger partial charge in [0.05, 0.1) is 10.4 Å². The molecule has 0 spiro atoms. The first-order valence-electron chi connectivity index (χ1n) is 5.88. The fraction of sp³-hybridized carbons (Fsp3) is 0. The lowest BCUT2D eigenvalue weighted by Gasteiger charge is -2.00. The molecule has 1 aromatic carbocycles. The Morgan fingerprint density at radius 3 is 2.80 bits per heavy atom. The van der Waals surface area contributed by atoms with Crippen LogP contribution in [0, 0.1) is 10.1 Å². The Labute approximate surface area is 113 Å². The lowest BCUT2D eigenvalue weighted by molar-refractivity contribution is -0.384. The summed E-state index contributed by atoms with van der Waals surface area (Å²) in [6, 6.07) is 11.6. The van der Waals surface area contributed by atoms with Crippen molar-refractivity contribution in [2.45, 2.75) is 0 Å². The van der Waals surface area contributed by atoms with Crippen molar-refractivity contribution in [1.29, 1.82) is 0 Å². The summed E-state index contributed by atoms with van der Waals surface area (Å²) in [5.74, 6) is 0.506. The molecule has 0 aliphatic rings. The van der Waals surface area contributed by atoms with Gasteiger partial charge in [0.25, 0.3) is 5.69 Å². The van der Waals surface area contributed by atoms with Crippen molar-refractivity contribution in [2.24, 2.45) is 0 Å². The topological polar surface area (TPSA) is 77.5 Å². The zero-order valence-electron chi connectivity index (χ0n) is 10.3. The van der Waals surface area contributed by atoms with Gasteiger partial charge in [-0.15, -0.1) is 0 Å². The summed E-state index contributed by atoms with van der Waals surface area (Å²) < 4.78 is 1.74. The number of nitrogens with zero attached hydrogens (tertiary/aromatic N) is 3. The largest absolute Gasteiger partial charge is 0.299 e. The molecule has 3 aromatic rings. The molecule has 0 amide bonds. The van der Waals surface area contributed by atoms with Gasteiger partial charge in [-0.05, 0) is 12.1 Å². The maximum absolute atomic E-state index is 11.1. The molecule has 2 heterocycles. The average Bonchev–Trinajstić information content (AvgIpc) is 2.86. The number of nitro groups is 1. The van der Waals surface area contributed by atoms with Crippen molar-refractivity contribution in [3.63, 3.8) is 0 Å². The van der Waals surface area contributed by atoms with Crippen molar-refractivity contribution in [3.05, 3.63) is 64.5 Å². The normalized spacial score (nSPS) is 10.6. The number of aromatic nitrogens is 2. The van der Waals surface area contributed by atoms with Crippen LogP contribution in [0.4, 0.5) is 5.69 Å². The highest BCUT2D eigenvalue weighted by Crippen LogP contribution is 2.25. The number of hydrogen-bond donors (Lipinski definition) is 0. The molecule has 3 rings (SSSR count). The summed E-state index contributed by atoms with van der Waals surface area (Å²) in [5.41, 5.74) is 1.56. The van der Waals surface area contributed by atoms with Crippen molar-refractivity contribution in [1.82, 2.24) is 9.38 Å². The average molecular weight is 267 g/mol. The lowest BCUT2D eigenvalue weighted by atomic mass is 10.2. The summed E-state index contributed by atoms with van der Waals surface area (Å²) in [7, 11) is 0. The molecule has 0 bridgehead atoms. The molecule has 6 nitrogen and oxygen atoms in total. The first kappa shape index (κ1) is 12.0. The number of pyridine rings is 1. The zero-order chi connectivity index (χ0) is 14.1. The highest BCUT2D eigenvalue weighted by molar-refractivity contribution is 5.86. The van der Waals surface area contributed by atoms with Gasteiger partial charge >= 0.3 is 0 Å². The van der Waals surface area contributed by atoms with Crippen LogP contribution in [0.3, 0.4) is 0 Å². The molecular formula is C14H9N3O3. The second kappa shape index (κ2) is 4.58. The highest BCUT2D eigenvalue weighted by Gasteiger charge is 2.14. The van der Waals surface area contributed by atoms with Crippen molar-refractivity contribution >= 4 is 17.5 Å². The van der Waals surface area contributed by atoms with E-state index in [1.54, 1.807) is 34.9 Å². The molecule has 20 heavy (non-hydrogen) atoms. The minimum absolute atomic E-state index is 0.0113. The standard InChI is InChI=1S/C14H9N3O3/c18-9-12-13-6-1-2-7-16(13)14(15-12)10-4-3-5-11(8-10)17(19)20/h1-9H. The first-order valence-corrected chi connectivity index (χ1v) is 5.88. The van der Waals surface area contributed by atoms with E-state index in [9.17, 15) is 14.9 Å². The van der Waals surface area contributed by atoms with Gasteiger partial charge in [0.2, 0.25) is 0 Å². The Morgan fingerprint density at radius 2 is 2.05 bits per heavy atom. The summed E-state index contributed by atoms with van der Waals surface area (Å²) in [6.45, 7) is 0. The molecule has 0 saturated carbocycles. The number of carbonyl (C=O) groups excluding carboxylic acids is 1. The lowest BCUT2D eigenvalue weighted by Crippen LogP contribution is -1.91. The number of carbonyl (C=O) groups is 1. The number of fused-ring (bicyclic) bond motifs is 1. The molecule has 98 valence electrons. The van der Waals surface area contributed by atoms with Crippen LogP contribution in [-0.4, -0.2) is 20.6 Å². The van der Waals surface area contributed by atoms with E-state index in [1.807, 2.05) is 6.07 Å². The second-order valence-corrected chi connectivity index (χ2v) is 4.20. The molecule has 0 atom stereocenters. The van der Waals surface area contributed by atoms with E-state index >= 15 is 0 Å². The van der Waals surface area contributed by atoms with Crippen molar-refractivity contribution < 1.29 is 9.72 Å². The molecule has 0 aliphatic heterocycles. The van der Waals surface area contributed by atoms with Crippen LogP contribution in [0.2, 0.25) is 0 Å². The minimum atomic E-state index is -0.458. The van der Waals surface area contributed by atoms with E-state index in [0.29, 0.717) is 28.9 Å². The van der Waals surface area contributed by atoms with Crippen LogP contribution >= 0.6 is 0 Å². The predicted octanol–water partition coefficient (Wildman–Crippen LogP) is 2.72. The van der Waals surface area contributed by atoms with Crippen molar-refractivity contribution in [3.8, 4) is 11.4 Å². The van der Waals surface area contributed by atoms with E-state index in [1.165, 1.54) is 12.1 Å². The smallest absolute Gasteiger partial charge is 0.270 e. The molecular weight excluding hydrogens is 258 g/mol. The van der Waals surface area contributed by atoms with E-state index in [4.69, 9.17) is 0 Å². The predicted molar refractivity (Wildman–Crippen MR) is 72.7 cm³/mol. The molecule has 2 aromatic heterocycles. The summed E-state index contributed by atoms with van der Waals surface area (Å²) in [6.07, 6.45) is 2.44. The Balaban J connectivity index is 2.27. The summed E-state index contributed by atoms with van der Waals surface area (Å²) in [4.78, 5) is 25.7. The fourth-order valence-electron chi connectivity index (χ4n) is 2.11. The van der Waals surface area contributed by atoms with Gasteiger partial charge < -0.3 is 0 Å². The van der Waals surface area contributed by atoms with Gasteiger partial charge in [-0.25, -0.2) is 4.98 Å². The third-order valence-electron chi connectivity index (χ3n) is 3.00. The van der Waals surface area contributed by atoms with E-state index in [2.05, 4.69) is 4.98 Å². The van der Waals surface area contributed by atoms with Crippen LogP contribution in [0.1, 0.15) is 10.5 Å². The Bertz CT molecular complexity index is 823. The van der Waals surface area contributed by atoms with Gasteiger partial charge in [-0.1, -0.05) is 18.2 Å². The van der Waals surface area contributed by atoms with E-state index in [0.717, 1.165) is 0 Å². The number of aldehydes is 1. The van der Waals surface area contributed by atoms with E-state index < -0.39 is 4.92 Å². The molecule has 0 radical (unpaired) electrons. The number of hydrogen-bond acceptors (Lipinski definition) is 4. The van der Waals surface area contributed by atoms with Crippen LogP contribution < -0.4 is 0 Å². The number of non-ortho nitro benzene ring substituents is 1. The Hall–Kier alpha value is -3.02. The molecule has 0 aliphatic carbocycles. The Kier molecular flexibility index (Phi) is 2.76. The van der Waals surface area contributed by atoms with Crippen LogP contribution in [-0.2, 0) is 0 Å². The fourth-order valence-corrected chi connectivity index (χ4v) is 2.11. The van der Waals surface area contributed by atoms with Gasteiger partial charge in [0.1, 0.15) is 11.5 Å². The van der Waals surface area contributed by atoms with Crippen LogP contribution in [0.5, 0.6) is 0 Å². The molecule has 0 saturated heterocycles. The highest BCUT2D eigenvalue weighted by atomic mass is 16.6. The monoisotopic (exact) mass is 267 g/mol. The van der Waals surface area contributed by atoms with Gasteiger partial charge in [0.15, 0.2) is 6.29 Å². The second-order valence-electron chi connectivity index (χ2n) is 4.20.